The molecule has 22 heavy (non-hydrogen) atoms. The maximum absolute atomic E-state index is 12.4. The number of hydrogen-bond donors (Lipinski definition) is 1. The molecule has 1 aliphatic carbocycles. The van der Waals surface area contributed by atoms with Gasteiger partial charge in [0.2, 0.25) is 0 Å². The highest BCUT2D eigenvalue weighted by Gasteiger charge is 2.27. The van der Waals surface area contributed by atoms with Crippen molar-refractivity contribution in [2.45, 2.75) is 32.5 Å². The molecule has 4 rings (SSSR count). The number of carbonyl (C=O) groups excluding carboxylic acids is 1. The average molecular weight is 302 g/mol. The summed E-state index contributed by atoms with van der Waals surface area (Å²) in [5.74, 6) is 0.680. The lowest BCUT2D eigenvalue weighted by Crippen LogP contribution is -2.39. The zero-order valence-corrected chi connectivity index (χ0v) is 12.2. The van der Waals surface area contributed by atoms with Crippen molar-refractivity contribution in [3.8, 4) is 0 Å². The minimum absolute atomic E-state index is 0.0465. The van der Waals surface area contributed by atoms with Gasteiger partial charge in [0, 0.05) is 19.3 Å². The first kappa shape index (κ1) is 13.4. The van der Waals surface area contributed by atoms with Crippen molar-refractivity contribution in [3.63, 3.8) is 0 Å². The van der Waals surface area contributed by atoms with Gasteiger partial charge in [-0.15, -0.1) is 5.10 Å². The zero-order valence-electron chi connectivity index (χ0n) is 12.2. The van der Waals surface area contributed by atoms with Gasteiger partial charge in [-0.3, -0.25) is 9.89 Å². The van der Waals surface area contributed by atoms with E-state index >= 15 is 0 Å². The quantitative estimate of drug-likeness (QED) is 0.873. The molecule has 8 heteroatoms. The molecule has 1 aliphatic heterocycles. The summed E-state index contributed by atoms with van der Waals surface area (Å²) in [6.07, 6.45) is 4.12. The van der Waals surface area contributed by atoms with E-state index in [1.807, 2.05) is 4.68 Å². The second-order valence-corrected chi connectivity index (χ2v) is 5.86. The van der Waals surface area contributed by atoms with E-state index in [0.717, 1.165) is 23.9 Å². The Morgan fingerprint density at radius 1 is 1.41 bits per heavy atom. The van der Waals surface area contributed by atoms with Crippen LogP contribution < -0.4 is 0 Å². The highest BCUT2D eigenvalue weighted by molar-refractivity contribution is 5.92. The number of rotatable bonds is 5. The van der Waals surface area contributed by atoms with Gasteiger partial charge in [-0.2, -0.15) is 5.10 Å². The monoisotopic (exact) mass is 302 g/mol. The fourth-order valence-electron chi connectivity index (χ4n) is 2.63. The summed E-state index contributed by atoms with van der Waals surface area (Å²) in [4.78, 5) is 14.2. The summed E-state index contributed by atoms with van der Waals surface area (Å²) in [5.41, 5.74) is 2.31. The van der Waals surface area contributed by atoms with Gasteiger partial charge in [-0.05, 0) is 24.8 Å². The topological polar surface area (TPSA) is 88.9 Å². The van der Waals surface area contributed by atoms with Gasteiger partial charge in [-0.25, -0.2) is 4.68 Å². The number of nitrogens with one attached hydrogen (secondary N) is 1. The van der Waals surface area contributed by atoms with Gasteiger partial charge in [0.05, 0.1) is 25.4 Å². The summed E-state index contributed by atoms with van der Waals surface area (Å²) in [7, 11) is 0. The number of nitrogens with zero attached hydrogens (tertiary/aromatic N) is 5. The van der Waals surface area contributed by atoms with Crippen molar-refractivity contribution in [2.75, 3.05) is 13.2 Å². The third kappa shape index (κ3) is 2.61. The summed E-state index contributed by atoms with van der Waals surface area (Å²) in [6.45, 7) is 3.05. The maximum atomic E-state index is 12.4. The van der Waals surface area contributed by atoms with Crippen molar-refractivity contribution in [1.29, 1.82) is 0 Å². The van der Waals surface area contributed by atoms with Crippen LogP contribution in [0, 0.1) is 5.92 Å². The molecule has 1 fully saturated rings. The molecule has 0 bridgehead atoms. The minimum Gasteiger partial charge on any atom is -0.375 e. The Bertz CT molecular complexity index is 661. The summed E-state index contributed by atoms with van der Waals surface area (Å²) in [5, 5.41) is 14.9. The van der Waals surface area contributed by atoms with Crippen LogP contribution in [-0.4, -0.2) is 49.1 Å². The van der Waals surface area contributed by atoms with Crippen molar-refractivity contribution < 1.29 is 9.53 Å². The van der Waals surface area contributed by atoms with Gasteiger partial charge >= 0.3 is 0 Å². The molecular weight excluding hydrogens is 284 g/mol. The first-order chi connectivity index (χ1) is 10.8. The Hall–Kier alpha value is -2.22. The Morgan fingerprint density at radius 3 is 3.09 bits per heavy atom. The number of aromatic nitrogens is 5. The number of aromatic amines is 1. The normalized spacial score (nSPS) is 17.5. The molecule has 1 amide bonds. The molecule has 2 aromatic heterocycles. The molecule has 0 saturated heterocycles. The Kier molecular flexibility index (Phi) is 3.38. The van der Waals surface area contributed by atoms with E-state index in [4.69, 9.17) is 4.74 Å². The van der Waals surface area contributed by atoms with Crippen molar-refractivity contribution >= 4 is 5.91 Å². The van der Waals surface area contributed by atoms with E-state index in [1.165, 1.54) is 12.8 Å². The minimum atomic E-state index is -0.0465. The number of carbonyl (C=O) groups is 1. The van der Waals surface area contributed by atoms with E-state index in [9.17, 15) is 4.79 Å². The van der Waals surface area contributed by atoms with Crippen molar-refractivity contribution in [3.05, 3.63) is 29.3 Å². The largest absolute Gasteiger partial charge is 0.375 e. The summed E-state index contributed by atoms with van der Waals surface area (Å²) < 4.78 is 7.57. The van der Waals surface area contributed by atoms with Gasteiger partial charge in [0.1, 0.15) is 11.4 Å². The number of ether oxygens (including phenoxy) is 1. The second kappa shape index (κ2) is 5.53. The molecule has 0 spiro atoms. The summed E-state index contributed by atoms with van der Waals surface area (Å²) in [6, 6.07) is 1.69. The molecule has 8 nitrogen and oxygen atoms in total. The molecule has 0 aromatic carbocycles. The lowest BCUT2D eigenvalue weighted by molar-refractivity contribution is 0.0693. The predicted octanol–water partition coefficient (Wildman–Crippen LogP) is 0.584. The highest BCUT2D eigenvalue weighted by atomic mass is 16.5. The van der Waals surface area contributed by atoms with E-state index in [-0.39, 0.29) is 5.91 Å². The molecule has 1 N–H and O–H groups in total. The first-order valence-electron chi connectivity index (χ1n) is 7.59. The SMILES string of the molecule is O=C(c1ccn[nH]1)N1CCn2nnc(COCC3CC3)c2C1. The van der Waals surface area contributed by atoms with Crippen LogP contribution in [-0.2, 0) is 24.4 Å². The Balaban J connectivity index is 1.44. The number of H-pyrrole nitrogens is 1. The third-order valence-corrected chi connectivity index (χ3v) is 4.15. The molecule has 2 aliphatic rings. The molecule has 2 aromatic rings. The van der Waals surface area contributed by atoms with Gasteiger partial charge in [0.25, 0.3) is 5.91 Å². The Labute approximate surface area is 127 Å². The molecular formula is C14H18N6O2. The van der Waals surface area contributed by atoms with E-state index < -0.39 is 0 Å². The number of amides is 1. The van der Waals surface area contributed by atoms with Crippen LogP contribution in [0.2, 0.25) is 0 Å². The smallest absolute Gasteiger partial charge is 0.272 e. The van der Waals surface area contributed by atoms with Crippen LogP contribution in [0.1, 0.15) is 34.7 Å². The molecule has 0 atom stereocenters. The lowest BCUT2D eigenvalue weighted by Gasteiger charge is -2.27. The van der Waals surface area contributed by atoms with Crippen LogP contribution in [0.15, 0.2) is 12.3 Å². The summed E-state index contributed by atoms with van der Waals surface area (Å²) >= 11 is 0. The molecule has 116 valence electrons. The van der Waals surface area contributed by atoms with Crippen LogP contribution in [0.25, 0.3) is 0 Å². The second-order valence-electron chi connectivity index (χ2n) is 5.86. The van der Waals surface area contributed by atoms with Crippen LogP contribution in [0.4, 0.5) is 0 Å². The number of fused-ring (bicyclic) bond motifs is 1. The van der Waals surface area contributed by atoms with Crippen LogP contribution in [0.5, 0.6) is 0 Å². The molecule has 0 radical (unpaired) electrons. The molecule has 1 saturated carbocycles. The van der Waals surface area contributed by atoms with Gasteiger partial charge < -0.3 is 9.64 Å². The number of hydrogen-bond acceptors (Lipinski definition) is 5. The van der Waals surface area contributed by atoms with Crippen LogP contribution in [0.3, 0.4) is 0 Å². The predicted molar refractivity (Wildman–Crippen MR) is 75.7 cm³/mol. The first-order valence-corrected chi connectivity index (χ1v) is 7.59. The van der Waals surface area contributed by atoms with Crippen molar-refractivity contribution in [1.82, 2.24) is 30.1 Å². The van der Waals surface area contributed by atoms with E-state index in [1.54, 1.807) is 17.2 Å². The Morgan fingerprint density at radius 2 is 2.32 bits per heavy atom. The fourth-order valence-corrected chi connectivity index (χ4v) is 2.63. The van der Waals surface area contributed by atoms with Gasteiger partial charge in [0.15, 0.2) is 0 Å². The highest BCUT2D eigenvalue weighted by Crippen LogP contribution is 2.29. The van der Waals surface area contributed by atoms with E-state index in [2.05, 4.69) is 20.5 Å². The molecule has 3 heterocycles. The average Bonchev–Trinajstić information content (AvgIpc) is 3.05. The van der Waals surface area contributed by atoms with Crippen molar-refractivity contribution in [2.24, 2.45) is 5.92 Å². The standard InChI is InChI=1S/C14H18N6O2/c21-14(11-3-4-15-16-11)19-5-6-20-13(7-19)12(17-18-20)9-22-8-10-1-2-10/h3-4,10H,1-2,5-9H2,(H,15,16). The maximum Gasteiger partial charge on any atom is 0.272 e. The fraction of sp³-hybridized carbons (Fsp3) is 0.571. The van der Waals surface area contributed by atoms with E-state index in [0.29, 0.717) is 31.9 Å². The molecule has 0 unspecified atom stereocenters. The van der Waals surface area contributed by atoms with Crippen LogP contribution >= 0.6 is 0 Å². The zero-order chi connectivity index (χ0) is 14.9. The third-order valence-electron chi connectivity index (χ3n) is 4.15. The van der Waals surface area contributed by atoms with Gasteiger partial charge in [-0.1, -0.05) is 5.21 Å². The lowest BCUT2D eigenvalue weighted by atomic mass is 10.2.